The number of aliphatic carboxylic acids is 1. The van der Waals surface area contributed by atoms with Gasteiger partial charge in [-0.1, -0.05) is 13.0 Å². The van der Waals surface area contributed by atoms with Crippen molar-refractivity contribution in [2.24, 2.45) is 0 Å². The van der Waals surface area contributed by atoms with Crippen molar-refractivity contribution in [3.05, 3.63) is 29.3 Å². The maximum atomic E-state index is 10.8. The number of rotatable bonds is 7. The third-order valence-electron chi connectivity index (χ3n) is 2.93. The minimum atomic E-state index is -0.771. The molecule has 0 saturated heterocycles. The molecule has 0 fully saturated rings. The van der Waals surface area contributed by atoms with Gasteiger partial charge in [-0.25, -0.2) is 0 Å². The molecular formula is C14H21NO3. The van der Waals surface area contributed by atoms with Crippen LogP contribution >= 0.6 is 0 Å². The minimum Gasteiger partial charge on any atom is -0.497 e. The summed E-state index contributed by atoms with van der Waals surface area (Å²) in [5.74, 6) is 0.0570. The summed E-state index contributed by atoms with van der Waals surface area (Å²) in [5.41, 5.74) is 2.28. The van der Waals surface area contributed by atoms with Crippen molar-refractivity contribution in [3.8, 4) is 5.75 Å². The van der Waals surface area contributed by atoms with Crippen molar-refractivity contribution in [2.75, 3.05) is 13.7 Å². The van der Waals surface area contributed by atoms with Crippen molar-refractivity contribution < 1.29 is 14.6 Å². The molecule has 1 aromatic rings. The molecule has 2 N–H and O–H groups in total. The Morgan fingerprint density at radius 3 is 2.72 bits per heavy atom. The van der Waals surface area contributed by atoms with Gasteiger partial charge in [-0.2, -0.15) is 0 Å². The van der Waals surface area contributed by atoms with Gasteiger partial charge < -0.3 is 15.2 Å². The molecule has 0 amide bonds. The molecule has 0 bridgehead atoms. The quantitative estimate of drug-likeness (QED) is 0.778. The number of ether oxygens (including phenoxy) is 1. The Morgan fingerprint density at radius 2 is 2.22 bits per heavy atom. The highest BCUT2D eigenvalue weighted by atomic mass is 16.5. The number of carbonyl (C=O) groups is 1. The lowest BCUT2D eigenvalue weighted by atomic mass is 9.99. The lowest BCUT2D eigenvalue weighted by Gasteiger charge is -2.17. The minimum absolute atomic E-state index is 0.0282. The third kappa shape index (κ3) is 4.37. The highest BCUT2D eigenvalue weighted by Crippen LogP contribution is 2.18. The van der Waals surface area contributed by atoms with Crippen LogP contribution in [0.5, 0.6) is 5.75 Å². The highest BCUT2D eigenvalue weighted by Gasteiger charge is 2.14. The van der Waals surface area contributed by atoms with Crippen LogP contribution in [-0.4, -0.2) is 30.8 Å². The van der Waals surface area contributed by atoms with Crippen molar-refractivity contribution in [2.45, 2.75) is 32.7 Å². The maximum absolute atomic E-state index is 10.8. The van der Waals surface area contributed by atoms with Crippen LogP contribution in [-0.2, 0) is 11.2 Å². The first-order valence-electron chi connectivity index (χ1n) is 6.15. The summed E-state index contributed by atoms with van der Waals surface area (Å²) in [6, 6.07) is 5.85. The number of hydrogen-bond donors (Lipinski definition) is 2. The summed E-state index contributed by atoms with van der Waals surface area (Å²) in [6.07, 6.45) is 0.856. The first kappa shape index (κ1) is 14.5. The largest absolute Gasteiger partial charge is 0.497 e. The van der Waals surface area contributed by atoms with Crippen LogP contribution in [0.2, 0.25) is 0 Å². The van der Waals surface area contributed by atoms with E-state index < -0.39 is 5.97 Å². The molecule has 18 heavy (non-hydrogen) atoms. The van der Waals surface area contributed by atoms with Crippen LogP contribution in [0.4, 0.5) is 0 Å². The van der Waals surface area contributed by atoms with Crippen LogP contribution in [0.25, 0.3) is 0 Å². The lowest BCUT2D eigenvalue weighted by Crippen LogP contribution is -2.33. The maximum Gasteiger partial charge on any atom is 0.304 e. The standard InChI is InChI=1S/C14H21NO3/c1-4-15-12(9-14(16)17)8-11-5-6-13(18-3)7-10(11)2/h5-7,12,15H,4,8-9H2,1-3H3,(H,16,17). The molecule has 0 aliphatic carbocycles. The number of aryl methyl sites for hydroxylation is 1. The van der Waals surface area contributed by atoms with Crippen molar-refractivity contribution in [1.82, 2.24) is 5.32 Å². The summed E-state index contributed by atoms with van der Waals surface area (Å²) in [4.78, 5) is 10.8. The van der Waals surface area contributed by atoms with E-state index >= 15 is 0 Å². The Labute approximate surface area is 108 Å². The molecule has 0 aromatic heterocycles. The molecule has 0 saturated carbocycles. The average Bonchev–Trinajstić information content (AvgIpc) is 2.31. The van der Waals surface area contributed by atoms with Crippen LogP contribution in [0.1, 0.15) is 24.5 Å². The fourth-order valence-corrected chi connectivity index (χ4v) is 2.01. The predicted molar refractivity (Wildman–Crippen MR) is 71.2 cm³/mol. The zero-order valence-electron chi connectivity index (χ0n) is 11.2. The lowest BCUT2D eigenvalue weighted by molar-refractivity contribution is -0.137. The topological polar surface area (TPSA) is 58.6 Å². The molecule has 1 rings (SSSR count). The monoisotopic (exact) mass is 251 g/mol. The summed E-state index contributed by atoms with van der Waals surface area (Å²) in [5, 5.41) is 12.1. The Hall–Kier alpha value is -1.55. The third-order valence-corrected chi connectivity index (χ3v) is 2.93. The van der Waals surface area contributed by atoms with Gasteiger partial charge in [0.15, 0.2) is 0 Å². The molecule has 0 aliphatic heterocycles. The smallest absolute Gasteiger partial charge is 0.304 e. The number of likely N-dealkylation sites (N-methyl/N-ethyl adjacent to an activating group) is 1. The molecule has 1 atom stereocenters. The number of carboxylic acids is 1. The Balaban J connectivity index is 2.76. The number of nitrogens with one attached hydrogen (secondary N) is 1. The van der Waals surface area contributed by atoms with Crippen LogP contribution in [0.15, 0.2) is 18.2 Å². The van der Waals surface area contributed by atoms with E-state index in [-0.39, 0.29) is 12.5 Å². The zero-order valence-corrected chi connectivity index (χ0v) is 11.2. The molecule has 0 heterocycles. The van der Waals surface area contributed by atoms with E-state index in [1.165, 1.54) is 0 Å². The number of carboxylic acid groups (broad SMARTS) is 1. The van der Waals surface area contributed by atoms with E-state index in [0.717, 1.165) is 29.8 Å². The van der Waals surface area contributed by atoms with Crippen molar-refractivity contribution in [3.63, 3.8) is 0 Å². The molecular weight excluding hydrogens is 230 g/mol. The Bertz CT molecular complexity index is 404. The molecule has 100 valence electrons. The molecule has 0 spiro atoms. The second-order valence-corrected chi connectivity index (χ2v) is 4.35. The van der Waals surface area contributed by atoms with Crippen LogP contribution < -0.4 is 10.1 Å². The van der Waals surface area contributed by atoms with E-state index in [1.54, 1.807) is 7.11 Å². The molecule has 4 nitrogen and oxygen atoms in total. The first-order chi connectivity index (χ1) is 8.56. The van der Waals surface area contributed by atoms with E-state index in [4.69, 9.17) is 9.84 Å². The van der Waals surface area contributed by atoms with Gasteiger partial charge in [-0.15, -0.1) is 0 Å². The first-order valence-corrected chi connectivity index (χ1v) is 6.15. The normalized spacial score (nSPS) is 12.2. The number of methoxy groups -OCH3 is 1. The van der Waals surface area contributed by atoms with E-state index in [1.807, 2.05) is 32.0 Å². The molecule has 0 aliphatic rings. The fourth-order valence-electron chi connectivity index (χ4n) is 2.01. The molecule has 4 heteroatoms. The van der Waals surface area contributed by atoms with Gasteiger partial charge >= 0.3 is 5.97 Å². The average molecular weight is 251 g/mol. The van der Waals surface area contributed by atoms with Gasteiger partial charge in [0.1, 0.15) is 5.75 Å². The summed E-state index contributed by atoms with van der Waals surface area (Å²) >= 11 is 0. The van der Waals surface area contributed by atoms with Crippen LogP contribution in [0, 0.1) is 6.92 Å². The van der Waals surface area contributed by atoms with Crippen molar-refractivity contribution in [1.29, 1.82) is 0 Å². The molecule has 1 aromatic carbocycles. The second-order valence-electron chi connectivity index (χ2n) is 4.35. The summed E-state index contributed by atoms with van der Waals surface area (Å²) in [6.45, 7) is 4.77. The highest BCUT2D eigenvalue weighted by molar-refractivity contribution is 5.67. The fraction of sp³-hybridized carbons (Fsp3) is 0.500. The van der Waals surface area contributed by atoms with Gasteiger partial charge in [-0.3, -0.25) is 4.79 Å². The van der Waals surface area contributed by atoms with E-state index in [9.17, 15) is 4.79 Å². The van der Waals surface area contributed by atoms with Gasteiger partial charge in [0, 0.05) is 6.04 Å². The Kier molecular flexibility index (Phi) is 5.65. The van der Waals surface area contributed by atoms with Gasteiger partial charge in [0.2, 0.25) is 0 Å². The second kappa shape index (κ2) is 7.01. The summed E-state index contributed by atoms with van der Waals surface area (Å²) in [7, 11) is 1.64. The number of hydrogen-bond acceptors (Lipinski definition) is 3. The van der Waals surface area contributed by atoms with Gasteiger partial charge in [0.25, 0.3) is 0 Å². The molecule has 1 unspecified atom stereocenters. The van der Waals surface area contributed by atoms with Crippen molar-refractivity contribution >= 4 is 5.97 Å². The van der Waals surface area contributed by atoms with E-state index in [2.05, 4.69) is 5.32 Å². The van der Waals surface area contributed by atoms with Gasteiger partial charge in [-0.05, 0) is 43.1 Å². The SMILES string of the molecule is CCNC(CC(=O)O)Cc1ccc(OC)cc1C. The van der Waals surface area contributed by atoms with Crippen LogP contribution in [0.3, 0.4) is 0 Å². The predicted octanol–water partition coefficient (Wildman–Crippen LogP) is 2.00. The molecule has 0 radical (unpaired) electrons. The number of benzene rings is 1. The summed E-state index contributed by atoms with van der Waals surface area (Å²) < 4.78 is 5.16. The van der Waals surface area contributed by atoms with E-state index in [0.29, 0.717) is 0 Å². The van der Waals surface area contributed by atoms with Gasteiger partial charge in [0.05, 0.1) is 13.5 Å². The Morgan fingerprint density at radius 1 is 1.50 bits per heavy atom. The zero-order chi connectivity index (χ0) is 13.5.